The number of carbonyl (C=O) groups is 2. The van der Waals surface area contributed by atoms with Crippen LogP contribution in [0.5, 0.6) is 5.75 Å². The first-order valence-electron chi connectivity index (χ1n) is 7.30. The summed E-state index contributed by atoms with van der Waals surface area (Å²) in [6.07, 6.45) is -0.756. The van der Waals surface area contributed by atoms with E-state index in [2.05, 4.69) is 0 Å². The van der Waals surface area contributed by atoms with Crippen LogP contribution in [-0.4, -0.2) is 24.1 Å². The highest BCUT2D eigenvalue weighted by Crippen LogP contribution is 2.20. The van der Waals surface area contributed by atoms with Crippen molar-refractivity contribution in [2.24, 2.45) is 0 Å². The van der Waals surface area contributed by atoms with Crippen molar-refractivity contribution >= 4 is 11.9 Å². The number of ether oxygens (including phenoxy) is 3. The number of furan rings is 1. The van der Waals surface area contributed by atoms with Crippen LogP contribution in [0.15, 0.2) is 46.9 Å². The van der Waals surface area contributed by atoms with Crippen molar-refractivity contribution in [1.29, 1.82) is 0 Å². The summed E-state index contributed by atoms with van der Waals surface area (Å²) in [6, 6.07) is 12.4. The SMILES string of the molecule is C[C@H]1C[C@H](OC(=O)c2ccc(COc3ccccc3)o2)C(=O)O1. The molecule has 0 amide bonds. The molecule has 0 bridgehead atoms. The van der Waals surface area contributed by atoms with Gasteiger partial charge in [0.25, 0.3) is 0 Å². The molecule has 0 radical (unpaired) electrons. The molecule has 1 aliphatic rings. The molecular weight excluding hydrogens is 300 g/mol. The van der Waals surface area contributed by atoms with Gasteiger partial charge in [0, 0.05) is 6.42 Å². The predicted octanol–water partition coefficient (Wildman–Crippen LogP) is 2.72. The maximum Gasteiger partial charge on any atom is 0.375 e. The van der Waals surface area contributed by atoms with Crippen molar-refractivity contribution < 1.29 is 28.2 Å². The molecule has 0 spiro atoms. The van der Waals surface area contributed by atoms with Crippen LogP contribution < -0.4 is 4.74 Å². The summed E-state index contributed by atoms with van der Waals surface area (Å²) in [7, 11) is 0. The van der Waals surface area contributed by atoms with Gasteiger partial charge in [-0.3, -0.25) is 0 Å². The van der Waals surface area contributed by atoms with Crippen molar-refractivity contribution in [2.45, 2.75) is 32.2 Å². The Morgan fingerprint density at radius 2 is 2.00 bits per heavy atom. The van der Waals surface area contributed by atoms with Gasteiger partial charge in [0.15, 0.2) is 0 Å². The first-order valence-corrected chi connectivity index (χ1v) is 7.30. The third-order valence-corrected chi connectivity index (χ3v) is 3.36. The second-order valence-corrected chi connectivity index (χ2v) is 5.24. The topological polar surface area (TPSA) is 75.0 Å². The normalized spacial score (nSPS) is 20.1. The number of hydrogen-bond donors (Lipinski definition) is 0. The van der Waals surface area contributed by atoms with Crippen molar-refractivity contribution in [3.63, 3.8) is 0 Å². The Morgan fingerprint density at radius 1 is 1.22 bits per heavy atom. The summed E-state index contributed by atoms with van der Waals surface area (Å²) in [5, 5.41) is 0. The Hall–Kier alpha value is -2.76. The van der Waals surface area contributed by atoms with E-state index in [1.54, 1.807) is 13.0 Å². The zero-order valence-corrected chi connectivity index (χ0v) is 12.6. The van der Waals surface area contributed by atoms with E-state index in [-0.39, 0.29) is 18.5 Å². The summed E-state index contributed by atoms with van der Waals surface area (Å²) in [5.41, 5.74) is 0. The molecule has 6 nitrogen and oxygen atoms in total. The molecule has 2 heterocycles. The predicted molar refractivity (Wildman–Crippen MR) is 78.9 cm³/mol. The molecule has 0 N–H and O–H groups in total. The third kappa shape index (κ3) is 3.71. The van der Waals surface area contributed by atoms with E-state index in [1.807, 2.05) is 30.3 Å². The van der Waals surface area contributed by atoms with Gasteiger partial charge in [-0.1, -0.05) is 18.2 Å². The van der Waals surface area contributed by atoms with Gasteiger partial charge in [0.05, 0.1) is 0 Å². The van der Waals surface area contributed by atoms with E-state index < -0.39 is 18.0 Å². The minimum atomic E-state index is -0.869. The van der Waals surface area contributed by atoms with E-state index in [1.165, 1.54) is 6.07 Å². The van der Waals surface area contributed by atoms with Gasteiger partial charge in [-0.2, -0.15) is 0 Å². The number of cyclic esters (lactones) is 1. The van der Waals surface area contributed by atoms with Gasteiger partial charge in [-0.05, 0) is 31.2 Å². The number of benzene rings is 1. The number of rotatable bonds is 5. The monoisotopic (exact) mass is 316 g/mol. The third-order valence-electron chi connectivity index (χ3n) is 3.36. The molecule has 0 unspecified atom stereocenters. The van der Waals surface area contributed by atoms with Gasteiger partial charge in [0.1, 0.15) is 24.2 Å². The van der Waals surface area contributed by atoms with Gasteiger partial charge in [-0.15, -0.1) is 0 Å². The van der Waals surface area contributed by atoms with Gasteiger partial charge in [-0.25, -0.2) is 9.59 Å². The van der Waals surface area contributed by atoms with Gasteiger partial charge < -0.3 is 18.6 Å². The fourth-order valence-electron chi connectivity index (χ4n) is 2.24. The molecule has 23 heavy (non-hydrogen) atoms. The Bertz CT molecular complexity index is 690. The van der Waals surface area contributed by atoms with Crippen LogP contribution in [0.1, 0.15) is 29.7 Å². The number of esters is 2. The van der Waals surface area contributed by atoms with Crippen molar-refractivity contribution in [2.75, 3.05) is 0 Å². The average Bonchev–Trinajstić information content (AvgIpc) is 3.13. The Morgan fingerprint density at radius 3 is 2.70 bits per heavy atom. The molecular formula is C17H16O6. The minimum Gasteiger partial charge on any atom is -0.486 e. The summed E-state index contributed by atoms with van der Waals surface area (Å²) in [4.78, 5) is 23.4. The highest BCUT2D eigenvalue weighted by Gasteiger charge is 2.35. The van der Waals surface area contributed by atoms with Crippen molar-refractivity contribution in [3.05, 3.63) is 54.0 Å². The van der Waals surface area contributed by atoms with Crippen LogP contribution in [0.25, 0.3) is 0 Å². The van der Waals surface area contributed by atoms with Crippen molar-refractivity contribution in [3.8, 4) is 5.75 Å². The Kier molecular flexibility index (Phi) is 4.32. The molecule has 0 saturated carbocycles. The molecule has 0 aliphatic carbocycles. The Balaban J connectivity index is 1.56. The molecule has 6 heteroatoms. The molecule has 1 aromatic heterocycles. The first-order chi connectivity index (χ1) is 11.1. The highest BCUT2D eigenvalue weighted by atomic mass is 16.6. The second-order valence-electron chi connectivity index (χ2n) is 5.24. The zero-order chi connectivity index (χ0) is 16.2. The van der Waals surface area contributed by atoms with Crippen molar-refractivity contribution in [1.82, 2.24) is 0 Å². The molecule has 2 aromatic rings. The summed E-state index contributed by atoms with van der Waals surface area (Å²) >= 11 is 0. The lowest BCUT2D eigenvalue weighted by molar-refractivity contribution is -0.147. The standard InChI is InChI=1S/C17H16O6/c1-11-9-15(17(19)21-11)23-16(18)14-8-7-13(22-14)10-20-12-5-3-2-4-6-12/h2-8,11,15H,9-10H2,1H3/t11-,15-/m0/s1. The van der Waals surface area contributed by atoms with Crippen LogP contribution in [0.2, 0.25) is 0 Å². The molecule has 1 aromatic carbocycles. The Labute approximate surface area is 132 Å². The molecule has 1 saturated heterocycles. The maximum atomic E-state index is 12.0. The summed E-state index contributed by atoms with van der Waals surface area (Å²) in [6.45, 7) is 1.94. The quantitative estimate of drug-likeness (QED) is 0.790. The lowest BCUT2D eigenvalue weighted by atomic mass is 10.2. The van der Waals surface area contributed by atoms with Gasteiger partial charge >= 0.3 is 11.9 Å². The van der Waals surface area contributed by atoms with Gasteiger partial charge in [0.2, 0.25) is 11.9 Å². The summed E-state index contributed by atoms with van der Waals surface area (Å²) < 4.78 is 21.0. The fraction of sp³-hybridized carbons (Fsp3) is 0.294. The van der Waals surface area contributed by atoms with E-state index in [0.29, 0.717) is 17.9 Å². The molecule has 3 rings (SSSR count). The lowest BCUT2D eigenvalue weighted by Gasteiger charge is -2.06. The van der Waals surface area contributed by atoms with E-state index >= 15 is 0 Å². The number of carbonyl (C=O) groups excluding carboxylic acids is 2. The van der Waals surface area contributed by atoms with Crippen LogP contribution in [-0.2, 0) is 20.9 Å². The average molecular weight is 316 g/mol. The molecule has 1 fully saturated rings. The van der Waals surface area contributed by atoms with Crippen LogP contribution in [0, 0.1) is 0 Å². The second kappa shape index (κ2) is 6.56. The van der Waals surface area contributed by atoms with E-state index in [0.717, 1.165) is 0 Å². The first kappa shape index (κ1) is 15.1. The highest BCUT2D eigenvalue weighted by molar-refractivity contribution is 5.89. The van der Waals surface area contributed by atoms with Crippen LogP contribution >= 0.6 is 0 Å². The smallest absolute Gasteiger partial charge is 0.375 e. The molecule has 120 valence electrons. The van der Waals surface area contributed by atoms with E-state index in [4.69, 9.17) is 18.6 Å². The zero-order valence-electron chi connectivity index (χ0n) is 12.6. The largest absolute Gasteiger partial charge is 0.486 e. The minimum absolute atomic E-state index is 0.0315. The maximum absolute atomic E-state index is 12.0. The summed E-state index contributed by atoms with van der Waals surface area (Å²) in [5.74, 6) is 0.0138. The molecule has 2 atom stereocenters. The number of para-hydroxylation sites is 1. The molecule has 1 aliphatic heterocycles. The lowest BCUT2D eigenvalue weighted by Crippen LogP contribution is -2.22. The van der Waals surface area contributed by atoms with E-state index in [9.17, 15) is 9.59 Å². The van der Waals surface area contributed by atoms with Crippen LogP contribution in [0.4, 0.5) is 0 Å². The van der Waals surface area contributed by atoms with Crippen LogP contribution in [0.3, 0.4) is 0 Å². The number of hydrogen-bond acceptors (Lipinski definition) is 6. The fourth-order valence-corrected chi connectivity index (χ4v) is 2.24.